The topological polar surface area (TPSA) is 55.8 Å². The molecule has 30 heavy (non-hydrogen) atoms. The molecule has 0 bridgehead atoms. The third kappa shape index (κ3) is 4.98. The molecule has 0 N–H and O–H groups in total. The Morgan fingerprint density at radius 3 is 1.90 bits per heavy atom. The van der Waals surface area contributed by atoms with Crippen LogP contribution in [0, 0.1) is 0 Å². The van der Waals surface area contributed by atoms with Crippen LogP contribution in [0.1, 0.15) is 43.1 Å². The van der Waals surface area contributed by atoms with E-state index in [1.807, 2.05) is 50.2 Å². The van der Waals surface area contributed by atoms with Crippen LogP contribution in [-0.4, -0.2) is 30.1 Å². The van der Waals surface area contributed by atoms with Crippen LogP contribution in [0.4, 0.5) is 4.79 Å². The van der Waals surface area contributed by atoms with Gasteiger partial charge in [-0.05, 0) is 60.9 Å². The highest BCUT2D eigenvalue weighted by atomic mass is 16.6. The summed E-state index contributed by atoms with van der Waals surface area (Å²) in [6.07, 6.45) is 1.53. The molecule has 0 saturated carbocycles. The first kappa shape index (κ1) is 21.4. The van der Waals surface area contributed by atoms with Crippen molar-refractivity contribution < 1.29 is 19.1 Å². The number of aryl methyl sites for hydroxylation is 1. The molecule has 156 valence electrons. The second-order valence-electron chi connectivity index (χ2n) is 7.02. The smallest absolute Gasteiger partial charge is 0.415 e. The van der Waals surface area contributed by atoms with Crippen molar-refractivity contribution in [2.24, 2.45) is 0 Å². The quantitative estimate of drug-likeness (QED) is 0.365. The van der Waals surface area contributed by atoms with Gasteiger partial charge in [-0.2, -0.15) is 0 Å². The summed E-state index contributed by atoms with van der Waals surface area (Å²) < 4.78 is 11.2. The Morgan fingerprint density at radius 2 is 1.37 bits per heavy atom. The summed E-state index contributed by atoms with van der Waals surface area (Å²) in [5, 5.41) is 1.78. The minimum absolute atomic E-state index is 0.219. The van der Waals surface area contributed by atoms with Gasteiger partial charge in [0.05, 0.1) is 5.56 Å². The molecule has 3 aromatic rings. The molecule has 3 rings (SSSR count). The van der Waals surface area contributed by atoms with E-state index in [0.717, 1.165) is 23.6 Å². The average Bonchev–Trinajstić information content (AvgIpc) is 2.75. The van der Waals surface area contributed by atoms with Crippen LogP contribution >= 0.6 is 0 Å². The van der Waals surface area contributed by atoms with Gasteiger partial charge >= 0.3 is 12.1 Å². The zero-order valence-corrected chi connectivity index (χ0v) is 17.7. The minimum Gasteiger partial charge on any atom is -0.419 e. The van der Waals surface area contributed by atoms with Crippen molar-refractivity contribution in [3.8, 4) is 11.5 Å². The molecule has 0 unspecified atom stereocenters. The maximum absolute atomic E-state index is 12.7. The van der Waals surface area contributed by atoms with Crippen LogP contribution in [0.15, 0.2) is 60.7 Å². The lowest BCUT2D eigenvalue weighted by Crippen LogP contribution is -2.33. The van der Waals surface area contributed by atoms with Crippen LogP contribution in [0.5, 0.6) is 11.5 Å². The van der Waals surface area contributed by atoms with Crippen molar-refractivity contribution in [1.82, 2.24) is 4.90 Å². The highest BCUT2D eigenvalue weighted by Crippen LogP contribution is 2.33. The van der Waals surface area contributed by atoms with Crippen molar-refractivity contribution in [2.75, 3.05) is 13.1 Å². The largest absolute Gasteiger partial charge is 0.419 e. The Morgan fingerprint density at radius 1 is 0.800 bits per heavy atom. The van der Waals surface area contributed by atoms with Crippen molar-refractivity contribution in [1.29, 1.82) is 0 Å². The molecule has 0 aliphatic carbocycles. The van der Waals surface area contributed by atoms with Gasteiger partial charge in [-0.25, -0.2) is 9.59 Å². The maximum Gasteiger partial charge on any atom is 0.415 e. The molecule has 0 aromatic heterocycles. The molecule has 0 heterocycles. The number of benzene rings is 3. The van der Waals surface area contributed by atoms with Gasteiger partial charge in [0.25, 0.3) is 0 Å². The van der Waals surface area contributed by atoms with Gasteiger partial charge in [0.15, 0.2) is 11.5 Å². The van der Waals surface area contributed by atoms with Crippen LogP contribution in [0.2, 0.25) is 0 Å². The fourth-order valence-electron chi connectivity index (χ4n) is 3.25. The number of carbonyl (C=O) groups excluding carboxylic acids is 2. The van der Waals surface area contributed by atoms with Crippen LogP contribution in [0.25, 0.3) is 10.8 Å². The van der Waals surface area contributed by atoms with Gasteiger partial charge in [-0.1, -0.05) is 49.7 Å². The summed E-state index contributed by atoms with van der Waals surface area (Å²) in [5.74, 6) is -0.0492. The van der Waals surface area contributed by atoms with E-state index in [4.69, 9.17) is 9.47 Å². The zero-order chi connectivity index (χ0) is 21.5. The normalized spacial score (nSPS) is 10.6. The first-order valence-electron chi connectivity index (χ1n) is 10.4. The summed E-state index contributed by atoms with van der Waals surface area (Å²) in [5.41, 5.74) is 1.62. The molecule has 0 radical (unpaired) electrons. The number of hydrogen-bond acceptors (Lipinski definition) is 4. The van der Waals surface area contributed by atoms with Gasteiger partial charge in [-0.15, -0.1) is 0 Å². The van der Waals surface area contributed by atoms with Gasteiger partial charge in [-0.3, -0.25) is 0 Å². The fourth-order valence-corrected chi connectivity index (χ4v) is 3.25. The number of nitrogens with zero attached hydrogens (tertiary/aromatic N) is 1. The number of amides is 1. The second kappa shape index (κ2) is 9.92. The SMILES string of the molecule is CCCc1ccc(C(=O)Oc2cc3ccccc3cc2OC(=O)N(CC)CC)cc1. The lowest BCUT2D eigenvalue weighted by molar-refractivity contribution is 0.0727. The first-order chi connectivity index (χ1) is 14.5. The number of hydrogen-bond donors (Lipinski definition) is 0. The van der Waals surface area contributed by atoms with Crippen molar-refractivity contribution in [2.45, 2.75) is 33.6 Å². The van der Waals surface area contributed by atoms with Crippen molar-refractivity contribution in [3.05, 3.63) is 71.8 Å². The molecular formula is C25H27NO4. The number of fused-ring (bicyclic) bond motifs is 1. The Bertz CT molecular complexity index is 1020. The molecule has 0 spiro atoms. The molecule has 1 amide bonds. The average molecular weight is 405 g/mol. The van der Waals surface area contributed by atoms with E-state index in [2.05, 4.69) is 6.92 Å². The number of carbonyl (C=O) groups is 2. The van der Waals surface area contributed by atoms with E-state index in [9.17, 15) is 9.59 Å². The summed E-state index contributed by atoms with van der Waals surface area (Å²) in [6, 6.07) is 18.5. The van der Waals surface area contributed by atoms with E-state index >= 15 is 0 Å². The summed E-state index contributed by atoms with van der Waals surface area (Å²) in [7, 11) is 0. The number of ether oxygens (including phenoxy) is 2. The molecule has 3 aromatic carbocycles. The fraction of sp³-hybridized carbons (Fsp3) is 0.280. The summed E-state index contributed by atoms with van der Waals surface area (Å²) in [4.78, 5) is 26.8. The monoisotopic (exact) mass is 405 g/mol. The lowest BCUT2D eigenvalue weighted by Gasteiger charge is -2.19. The predicted octanol–water partition coefficient (Wildman–Crippen LogP) is 5.85. The van der Waals surface area contributed by atoms with E-state index < -0.39 is 12.1 Å². The zero-order valence-electron chi connectivity index (χ0n) is 17.7. The highest BCUT2D eigenvalue weighted by molar-refractivity contribution is 5.93. The molecular weight excluding hydrogens is 378 g/mol. The summed E-state index contributed by atoms with van der Waals surface area (Å²) in [6.45, 7) is 6.94. The first-order valence-corrected chi connectivity index (χ1v) is 10.4. The lowest BCUT2D eigenvalue weighted by atomic mass is 10.1. The van der Waals surface area contributed by atoms with Crippen molar-refractivity contribution in [3.63, 3.8) is 0 Å². The Balaban J connectivity index is 1.90. The Labute approximate surface area is 177 Å². The third-order valence-electron chi connectivity index (χ3n) is 4.96. The minimum atomic E-state index is -0.492. The van der Waals surface area contributed by atoms with Gasteiger partial charge in [0.2, 0.25) is 0 Å². The van der Waals surface area contributed by atoms with E-state index in [-0.39, 0.29) is 11.5 Å². The Kier molecular flexibility index (Phi) is 7.07. The third-order valence-corrected chi connectivity index (χ3v) is 4.96. The summed E-state index contributed by atoms with van der Waals surface area (Å²) >= 11 is 0. The van der Waals surface area contributed by atoms with E-state index in [1.165, 1.54) is 5.56 Å². The van der Waals surface area contributed by atoms with Gasteiger partial charge < -0.3 is 14.4 Å². The molecule has 0 aliphatic heterocycles. The molecule has 0 atom stereocenters. The molecule has 5 heteroatoms. The highest BCUT2D eigenvalue weighted by Gasteiger charge is 2.19. The number of rotatable bonds is 7. The van der Waals surface area contributed by atoms with Crippen LogP contribution in [-0.2, 0) is 6.42 Å². The van der Waals surface area contributed by atoms with Gasteiger partial charge in [0, 0.05) is 13.1 Å². The van der Waals surface area contributed by atoms with E-state index in [1.54, 1.807) is 29.2 Å². The standard InChI is InChI=1S/C25H27NO4/c1-4-9-18-12-14-19(15-13-18)24(27)29-22-16-20-10-7-8-11-21(20)17-23(22)30-25(28)26(5-2)6-3/h7-8,10-17H,4-6,9H2,1-3H3. The predicted molar refractivity (Wildman–Crippen MR) is 118 cm³/mol. The second-order valence-corrected chi connectivity index (χ2v) is 7.02. The van der Waals surface area contributed by atoms with Crippen LogP contribution in [0.3, 0.4) is 0 Å². The molecule has 0 saturated heterocycles. The Hall–Kier alpha value is -3.34. The number of esters is 1. The molecule has 0 fully saturated rings. The van der Waals surface area contributed by atoms with Gasteiger partial charge in [0.1, 0.15) is 0 Å². The van der Waals surface area contributed by atoms with Crippen LogP contribution < -0.4 is 9.47 Å². The molecule has 0 aliphatic rings. The molecule has 5 nitrogen and oxygen atoms in total. The van der Waals surface area contributed by atoms with Crippen molar-refractivity contribution >= 4 is 22.8 Å². The van der Waals surface area contributed by atoms with E-state index in [0.29, 0.717) is 18.7 Å². The maximum atomic E-state index is 12.7.